The van der Waals surface area contributed by atoms with Gasteiger partial charge in [-0.25, -0.2) is 0 Å². The second kappa shape index (κ2) is 5.94. The molecule has 1 aromatic carbocycles. The van der Waals surface area contributed by atoms with Crippen LogP contribution in [0.5, 0.6) is 0 Å². The molecule has 0 aliphatic heterocycles. The average Bonchev–Trinajstić information content (AvgIpc) is 3.03. The molecule has 1 N–H and O–H groups in total. The zero-order valence-corrected chi connectivity index (χ0v) is 13.8. The number of fused-ring (bicyclic) bond motifs is 2. The molecular weight excluding hydrogens is 316 g/mol. The summed E-state index contributed by atoms with van der Waals surface area (Å²) in [6.07, 6.45) is 1.78. The Bertz CT molecular complexity index is 1090. The Hall–Kier alpha value is -3.35. The lowest BCUT2D eigenvalue weighted by Gasteiger charge is -2.11. The smallest absolute Gasteiger partial charge is 0.222 e. The molecule has 4 rings (SSSR count). The van der Waals surface area contributed by atoms with Crippen molar-refractivity contribution in [3.63, 3.8) is 0 Å². The first-order chi connectivity index (χ1) is 12.1. The molecule has 3 heterocycles. The number of aromatic nitrogens is 5. The minimum Gasteiger partial charge on any atom is -0.309 e. The fraction of sp³-hybridized carbons (Fsp3) is 0.167. The van der Waals surface area contributed by atoms with Crippen LogP contribution in [-0.4, -0.2) is 30.7 Å². The van der Waals surface area contributed by atoms with Crippen LogP contribution in [0.4, 0.5) is 5.82 Å². The van der Waals surface area contributed by atoms with E-state index >= 15 is 0 Å². The number of carbonyl (C=O) groups excluding carboxylic acids is 1. The molecule has 0 radical (unpaired) electrons. The molecule has 1 atom stereocenters. The second-order valence-electron chi connectivity index (χ2n) is 5.91. The minimum absolute atomic E-state index is 0.0142. The number of nitrogens with one attached hydrogen (secondary N) is 1. The van der Waals surface area contributed by atoms with Crippen LogP contribution in [0, 0.1) is 0 Å². The number of nitrogens with zero attached hydrogens (tertiary/aromatic N) is 5. The van der Waals surface area contributed by atoms with Gasteiger partial charge in [-0.1, -0.05) is 19.1 Å². The minimum atomic E-state index is -0.170. The van der Waals surface area contributed by atoms with Crippen LogP contribution >= 0.6 is 0 Å². The van der Waals surface area contributed by atoms with Gasteiger partial charge in [0.25, 0.3) is 0 Å². The highest BCUT2D eigenvalue weighted by atomic mass is 16.1. The second-order valence-corrected chi connectivity index (χ2v) is 5.91. The molecule has 1 amide bonds. The molecule has 4 aromatic rings. The molecule has 0 aliphatic carbocycles. The third-order valence-corrected chi connectivity index (χ3v) is 4.11. The van der Waals surface area contributed by atoms with Gasteiger partial charge < -0.3 is 5.32 Å². The monoisotopic (exact) mass is 332 g/mol. The number of anilines is 1. The summed E-state index contributed by atoms with van der Waals surface area (Å²) in [5.41, 5.74) is 2.69. The van der Waals surface area contributed by atoms with Crippen molar-refractivity contribution >= 4 is 28.3 Å². The van der Waals surface area contributed by atoms with Crippen molar-refractivity contribution in [3.8, 4) is 0 Å². The highest BCUT2D eigenvalue weighted by Crippen LogP contribution is 2.25. The Labute approximate surface area is 143 Å². The molecule has 7 heteroatoms. The predicted octanol–water partition coefficient (Wildman–Crippen LogP) is 2.78. The quantitative estimate of drug-likeness (QED) is 0.623. The van der Waals surface area contributed by atoms with Gasteiger partial charge in [-0.05, 0) is 35.9 Å². The van der Waals surface area contributed by atoms with Gasteiger partial charge in [-0.2, -0.15) is 4.52 Å². The lowest BCUT2D eigenvalue weighted by atomic mass is 9.98. The summed E-state index contributed by atoms with van der Waals surface area (Å²) in [7, 11) is 0. The van der Waals surface area contributed by atoms with Crippen LogP contribution in [0.25, 0.3) is 16.6 Å². The standard InChI is InChI=1S/C18H16N6O/c1-11(13-5-6-15-14(10-13)4-3-9-19-15)18-22-21-17-8-7-16(20-12(2)25)23-24(17)18/h3-11H,1-2H3,(H,20,23,25). The van der Waals surface area contributed by atoms with Crippen LogP contribution in [0.3, 0.4) is 0 Å². The molecular formula is C18H16N6O. The fourth-order valence-corrected chi connectivity index (χ4v) is 2.84. The van der Waals surface area contributed by atoms with Crippen molar-refractivity contribution in [2.24, 2.45) is 0 Å². The Morgan fingerprint density at radius 2 is 2.04 bits per heavy atom. The van der Waals surface area contributed by atoms with E-state index < -0.39 is 0 Å². The third-order valence-electron chi connectivity index (χ3n) is 4.11. The number of amides is 1. The molecule has 0 saturated carbocycles. The molecule has 0 fully saturated rings. The lowest BCUT2D eigenvalue weighted by molar-refractivity contribution is -0.114. The Morgan fingerprint density at radius 3 is 2.88 bits per heavy atom. The summed E-state index contributed by atoms with van der Waals surface area (Å²) in [6, 6.07) is 13.6. The highest BCUT2D eigenvalue weighted by Gasteiger charge is 2.17. The molecule has 3 aromatic heterocycles. The summed E-state index contributed by atoms with van der Waals surface area (Å²) in [5.74, 6) is 0.998. The maximum Gasteiger partial charge on any atom is 0.222 e. The molecule has 7 nitrogen and oxygen atoms in total. The first-order valence-corrected chi connectivity index (χ1v) is 7.96. The zero-order chi connectivity index (χ0) is 17.4. The van der Waals surface area contributed by atoms with Crippen molar-refractivity contribution in [2.45, 2.75) is 19.8 Å². The number of pyridine rings is 1. The number of hydrogen-bond donors (Lipinski definition) is 1. The molecule has 0 bridgehead atoms. The third kappa shape index (κ3) is 2.80. The molecule has 0 aliphatic rings. The van der Waals surface area contributed by atoms with Crippen LogP contribution in [0.2, 0.25) is 0 Å². The maximum atomic E-state index is 11.3. The Balaban J connectivity index is 1.77. The maximum absolute atomic E-state index is 11.3. The van der Waals surface area contributed by atoms with Gasteiger partial charge in [0.2, 0.25) is 5.91 Å². The molecule has 0 spiro atoms. The highest BCUT2D eigenvalue weighted by molar-refractivity contribution is 5.87. The van der Waals surface area contributed by atoms with Gasteiger partial charge in [0.05, 0.1) is 5.52 Å². The van der Waals surface area contributed by atoms with E-state index in [1.807, 2.05) is 24.3 Å². The van der Waals surface area contributed by atoms with Crippen molar-refractivity contribution < 1.29 is 4.79 Å². The summed E-state index contributed by atoms with van der Waals surface area (Å²) in [6.45, 7) is 3.51. The van der Waals surface area contributed by atoms with Crippen LogP contribution in [-0.2, 0) is 4.79 Å². The van der Waals surface area contributed by atoms with E-state index in [1.165, 1.54) is 6.92 Å². The van der Waals surface area contributed by atoms with E-state index in [9.17, 15) is 4.79 Å². The van der Waals surface area contributed by atoms with E-state index in [-0.39, 0.29) is 11.8 Å². The van der Waals surface area contributed by atoms with E-state index in [0.29, 0.717) is 17.3 Å². The zero-order valence-electron chi connectivity index (χ0n) is 13.8. The molecule has 0 saturated heterocycles. The lowest BCUT2D eigenvalue weighted by Crippen LogP contribution is -2.11. The molecule has 1 unspecified atom stereocenters. The van der Waals surface area contributed by atoms with Crippen molar-refractivity contribution in [1.29, 1.82) is 0 Å². The van der Waals surface area contributed by atoms with Crippen molar-refractivity contribution in [3.05, 3.63) is 60.0 Å². The van der Waals surface area contributed by atoms with Gasteiger partial charge in [0.1, 0.15) is 0 Å². The summed E-state index contributed by atoms with van der Waals surface area (Å²) >= 11 is 0. The Morgan fingerprint density at radius 1 is 1.16 bits per heavy atom. The average molecular weight is 332 g/mol. The summed E-state index contributed by atoms with van der Waals surface area (Å²) in [5, 5.41) is 16.7. The van der Waals surface area contributed by atoms with Gasteiger partial charge >= 0.3 is 0 Å². The van der Waals surface area contributed by atoms with Crippen LogP contribution in [0.1, 0.15) is 31.2 Å². The van der Waals surface area contributed by atoms with Crippen molar-refractivity contribution in [2.75, 3.05) is 5.32 Å². The largest absolute Gasteiger partial charge is 0.309 e. The van der Waals surface area contributed by atoms with E-state index in [1.54, 1.807) is 22.8 Å². The van der Waals surface area contributed by atoms with Gasteiger partial charge in [0.15, 0.2) is 17.3 Å². The first kappa shape index (κ1) is 15.2. The fourth-order valence-electron chi connectivity index (χ4n) is 2.84. The van der Waals surface area contributed by atoms with E-state index in [0.717, 1.165) is 16.5 Å². The van der Waals surface area contributed by atoms with Crippen LogP contribution in [0.15, 0.2) is 48.7 Å². The normalized spacial score (nSPS) is 12.4. The van der Waals surface area contributed by atoms with Gasteiger partial charge in [-0.3, -0.25) is 9.78 Å². The van der Waals surface area contributed by atoms with Crippen molar-refractivity contribution in [1.82, 2.24) is 24.8 Å². The predicted molar refractivity (Wildman–Crippen MR) is 94.3 cm³/mol. The van der Waals surface area contributed by atoms with E-state index in [2.05, 4.69) is 38.6 Å². The Kier molecular flexibility index (Phi) is 3.61. The van der Waals surface area contributed by atoms with E-state index in [4.69, 9.17) is 0 Å². The summed E-state index contributed by atoms with van der Waals surface area (Å²) in [4.78, 5) is 15.6. The molecule has 124 valence electrons. The number of carbonyl (C=O) groups is 1. The molecule has 25 heavy (non-hydrogen) atoms. The summed E-state index contributed by atoms with van der Waals surface area (Å²) < 4.78 is 1.67. The van der Waals surface area contributed by atoms with Gasteiger partial charge in [0, 0.05) is 24.4 Å². The van der Waals surface area contributed by atoms with Crippen LogP contribution < -0.4 is 5.32 Å². The SMILES string of the molecule is CC(=O)Nc1ccc2nnc(C(C)c3ccc4ncccc4c3)n2n1. The number of hydrogen-bond acceptors (Lipinski definition) is 5. The number of rotatable bonds is 3. The first-order valence-electron chi connectivity index (χ1n) is 7.96. The number of benzene rings is 1. The van der Waals surface area contributed by atoms with Gasteiger partial charge in [-0.15, -0.1) is 15.3 Å². The topological polar surface area (TPSA) is 85.1 Å².